The zero-order valence-electron chi connectivity index (χ0n) is 12.3. The van der Waals surface area contributed by atoms with Gasteiger partial charge in [0.2, 0.25) is 10.0 Å². The van der Waals surface area contributed by atoms with Crippen molar-refractivity contribution in [3.63, 3.8) is 0 Å². The lowest BCUT2D eigenvalue weighted by atomic mass is 9.95. The highest BCUT2D eigenvalue weighted by atomic mass is 32.2. The van der Waals surface area contributed by atoms with Gasteiger partial charge in [0.05, 0.1) is 11.3 Å². The highest BCUT2D eigenvalue weighted by Crippen LogP contribution is 2.27. The van der Waals surface area contributed by atoms with Gasteiger partial charge in [0.1, 0.15) is 4.90 Å². The van der Waals surface area contributed by atoms with Crippen LogP contribution in [0.3, 0.4) is 0 Å². The van der Waals surface area contributed by atoms with Crippen LogP contribution in [0.15, 0.2) is 4.90 Å². The molecule has 1 aliphatic heterocycles. The molecule has 0 aromatic carbocycles. The zero-order chi connectivity index (χ0) is 15.1. The zero-order valence-corrected chi connectivity index (χ0v) is 13.1. The molecule has 8 heteroatoms. The third-order valence-corrected chi connectivity index (χ3v) is 5.28. The van der Waals surface area contributed by atoms with Crippen molar-refractivity contribution >= 4 is 15.8 Å². The molecule has 0 amide bonds. The van der Waals surface area contributed by atoms with Gasteiger partial charge in [0.15, 0.2) is 5.82 Å². The van der Waals surface area contributed by atoms with Gasteiger partial charge in [-0.15, -0.1) is 0 Å². The maximum atomic E-state index is 12.5. The van der Waals surface area contributed by atoms with Crippen LogP contribution in [-0.4, -0.2) is 36.4 Å². The second-order valence-electron chi connectivity index (χ2n) is 5.84. The van der Waals surface area contributed by atoms with E-state index in [1.807, 2.05) is 13.8 Å². The molecule has 2 rings (SSSR count). The Morgan fingerprint density at radius 3 is 2.65 bits per heavy atom. The highest BCUT2D eigenvalue weighted by Gasteiger charge is 2.33. The number of rotatable bonds is 3. The second kappa shape index (κ2) is 5.01. The van der Waals surface area contributed by atoms with E-state index in [-0.39, 0.29) is 22.4 Å². The molecule has 0 bridgehead atoms. The molecule has 7 nitrogen and oxygen atoms in total. The van der Waals surface area contributed by atoms with Crippen LogP contribution in [0.25, 0.3) is 0 Å². The predicted octanol–water partition coefficient (Wildman–Crippen LogP) is 0.547. The van der Waals surface area contributed by atoms with Crippen molar-refractivity contribution in [1.29, 1.82) is 0 Å². The van der Waals surface area contributed by atoms with E-state index < -0.39 is 10.0 Å². The van der Waals surface area contributed by atoms with E-state index in [0.717, 1.165) is 0 Å². The number of aromatic nitrogens is 2. The molecule has 1 unspecified atom stereocenters. The summed E-state index contributed by atoms with van der Waals surface area (Å²) in [5, 5.41) is 3.95. The number of nitrogens with one attached hydrogen (secondary N) is 1. The Labute approximate surface area is 119 Å². The maximum Gasteiger partial charge on any atom is 0.246 e. The second-order valence-corrected chi connectivity index (χ2v) is 7.49. The monoisotopic (exact) mass is 302 g/mol. The Kier molecular flexibility index (Phi) is 3.83. The van der Waals surface area contributed by atoms with E-state index >= 15 is 0 Å². The molecular weight excluding hydrogens is 280 g/mol. The summed E-state index contributed by atoms with van der Waals surface area (Å²) in [5.74, 6) is 0.0313. The molecule has 1 atom stereocenters. The molecule has 20 heavy (non-hydrogen) atoms. The fourth-order valence-electron chi connectivity index (χ4n) is 2.56. The number of nitrogen functional groups attached to an aromatic ring is 1. The van der Waals surface area contributed by atoms with Crippen LogP contribution in [0.1, 0.15) is 32.4 Å². The Balaban J connectivity index is 2.23. The number of sulfonamides is 1. The average molecular weight is 302 g/mol. The van der Waals surface area contributed by atoms with E-state index in [9.17, 15) is 8.42 Å². The quantitative estimate of drug-likeness (QED) is 0.849. The van der Waals surface area contributed by atoms with Crippen LogP contribution in [0.5, 0.6) is 0 Å². The number of ether oxygens (including phenoxy) is 1. The normalized spacial score (nSPS) is 22.9. The summed E-state index contributed by atoms with van der Waals surface area (Å²) >= 11 is 0. The van der Waals surface area contributed by atoms with Gasteiger partial charge >= 0.3 is 0 Å². The molecule has 114 valence electrons. The molecule has 1 fully saturated rings. The molecular formula is C12H22N4O3S. The summed E-state index contributed by atoms with van der Waals surface area (Å²) in [5.41, 5.74) is 5.92. The molecule has 1 aromatic rings. The fourth-order valence-corrected chi connectivity index (χ4v) is 4.15. The first-order chi connectivity index (χ1) is 9.12. The number of hydrogen-bond donors (Lipinski definition) is 2. The van der Waals surface area contributed by atoms with Crippen molar-refractivity contribution in [2.75, 3.05) is 12.3 Å². The predicted molar refractivity (Wildman–Crippen MR) is 75.7 cm³/mol. The molecule has 1 aliphatic rings. The molecule has 0 saturated carbocycles. The SMILES string of the molecule is Cc1c(S(=O)(=O)NC2CCOC(C)(C)C2)c(N)nn1C. The minimum absolute atomic E-state index is 0.0313. The van der Waals surface area contributed by atoms with Crippen molar-refractivity contribution in [2.24, 2.45) is 7.05 Å². The van der Waals surface area contributed by atoms with Gasteiger partial charge in [-0.25, -0.2) is 13.1 Å². The largest absolute Gasteiger partial charge is 0.381 e. The Morgan fingerprint density at radius 2 is 2.15 bits per heavy atom. The molecule has 3 N–H and O–H groups in total. The smallest absolute Gasteiger partial charge is 0.246 e. The lowest BCUT2D eigenvalue weighted by Crippen LogP contribution is -2.45. The van der Waals surface area contributed by atoms with Gasteiger partial charge in [0, 0.05) is 19.7 Å². The summed E-state index contributed by atoms with van der Waals surface area (Å²) in [4.78, 5) is 0.0734. The molecule has 0 radical (unpaired) electrons. The lowest BCUT2D eigenvalue weighted by molar-refractivity contribution is -0.0599. The third-order valence-electron chi connectivity index (χ3n) is 3.59. The number of nitrogens with two attached hydrogens (primary N) is 1. The highest BCUT2D eigenvalue weighted by molar-refractivity contribution is 7.89. The molecule has 0 spiro atoms. The third kappa shape index (κ3) is 2.97. The summed E-state index contributed by atoms with van der Waals surface area (Å²) in [7, 11) is -2.00. The van der Waals surface area contributed by atoms with Gasteiger partial charge in [-0.3, -0.25) is 4.68 Å². The number of nitrogens with zero attached hydrogens (tertiary/aromatic N) is 2. The summed E-state index contributed by atoms with van der Waals surface area (Å²) in [6, 6.07) is -0.150. The van der Waals surface area contributed by atoms with E-state index in [4.69, 9.17) is 10.5 Å². The molecule has 1 aromatic heterocycles. The Bertz CT molecular complexity index is 606. The van der Waals surface area contributed by atoms with E-state index in [1.165, 1.54) is 4.68 Å². The molecule has 0 aliphatic carbocycles. The first-order valence-electron chi connectivity index (χ1n) is 6.58. The summed E-state index contributed by atoms with van der Waals surface area (Å²) < 4.78 is 34.7. The number of hydrogen-bond acceptors (Lipinski definition) is 5. The van der Waals surface area contributed by atoms with Crippen LogP contribution in [0.4, 0.5) is 5.82 Å². The van der Waals surface area contributed by atoms with E-state index in [1.54, 1.807) is 14.0 Å². The minimum Gasteiger partial charge on any atom is -0.381 e. The summed E-state index contributed by atoms with van der Waals surface area (Å²) in [6.07, 6.45) is 1.29. The van der Waals surface area contributed by atoms with Crippen LogP contribution < -0.4 is 10.5 Å². The number of anilines is 1. The van der Waals surface area contributed by atoms with Crippen LogP contribution in [0, 0.1) is 6.92 Å². The van der Waals surface area contributed by atoms with Gasteiger partial charge in [-0.2, -0.15) is 5.10 Å². The van der Waals surface area contributed by atoms with Gasteiger partial charge in [0.25, 0.3) is 0 Å². The van der Waals surface area contributed by atoms with Crippen LogP contribution in [0.2, 0.25) is 0 Å². The van der Waals surface area contributed by atoms with Gasteiger partial charge < -0.3 is 10.5 Å². The Hall–Kier alpha value is -1.12. The van der Waals surface area contributed by atoms with Crippen molar-refractivity contribution < 1.29 is 13.2 Å². The minimum atomic E-state index is -3.66. The molecule has 1 saturated heterocycles. The van der Waals surface area contributed by atoms with E-state index in [2.05, 4.69) is 9.82 Å². The van der Waals surface area contributed by atoms with Crippen molar-refractivity contribution in [3.05, 3.63) is 5.69 Å². The lowest BCUT2D eigenvalue weighted by Gasteiger charge is -2.35. The Morgan fingerprint density at radius 1 is 1.50 bits per heavy atom. The first-order valence-corrected chi connectivity index (χ1v) is 8.06. The molecule has 2 heterocycles. The summed E-state index contributed by atoms with van der Waals surface area (Å²) in [6.45, 7) is 6.14. The topological polar surface area (TPSA) is 99.2 Å². The van der Waals surface area contributed by atoms with Crippen molar-refractivity contribution in [1.82, 2.24) is 14.5 Å². The van der Waals surface area contributed by atoms with Crippen molar-refractivity contribution in [3.8, 4) is 0 Å². The average Bonchev–Trinajstić information content (AvgIpc) is 2.50. The maximum absolute atomic E-state index is 12.5. The number of aryl methyl sites for hydroxylation is 1. The van der Waals surface area contributed by atoms with E-state index in [0.29, 0.717) is 25.1 Å². The van der Waals surface area contributed by atoms with Crippen LogP contribution >= 0.6 is 0 Å². The fraction of sp³-hybridized carbons (Fsp3) is 0.750. The van der Waals surface area contributed by atoms with Crippen LogP contribution in [-0.2, 0) is 21.8 Å². The first kappa shape index (κ1) is 15.3. The van der Waals surface area contributed by atoms with Gasteiger partial charge in [-0.1, -0.05) is 0 Å². The van der Waals surface area contributed by atoms with Gasteiger partial charge in [-0.05, 0) is 33.6 Å². The standard InChI is InChI=1S/C12H22N4O3S/c1-8-10(11(13)14-16(8)4)20(17,18)15-9-5-6-19-12(2,3)7-9/h9,15H,5-7H2,1-4H3,(H2,13,14). The van der Waals surface area contributed by atoms with Crippen molar-refractivity contribution in [2.45, 2.75) is 50.2 Å².